The maximum atomic E-state index is 12.5. The molecule has 3 rings (SSSR count). The van der Waals surface area contributed by atoms with E-state index in [0.717, 1.165) is 0 Å². The second-order valence-corrected chi connectivity index (χ2v) is 9.22. The van der Waals surface area contributed by atoms with Gasteiger partial charge in [0, 0.05) is 16.2 Å². The zero-order chi connectivity index (χ0) is 23.7. The molecule has 0 aliphatic rings. The van der Waals surface area contributed by atoms with Crippen molar-refractivity contribution in [2.24, 2.45) is 0 Å². The number of rotatable bonds is 3. The molecule has 0 saturated heterocycles. The minimum Gasteiger partial charge on any atom is -0.496 e. The highest BCUT2D eigenvalue weighted by Crippen LogP contribution is 2.46. The first kappa shape index (κ1) is 23.2. The van der Waals surface area contributed by atoms with Gasteiger partial charge in [-0.15, -0.1) is 0 Å². The molecule has 0 amide bonds. The molecule has 0 N–H and O–H groups in total. The summed E-state index contributed by atoms with van der Waals surface area (Å²) in [6.07, 6.45) is -1.69. The molecule has 170 valence electrons. The van der Waals surface area contributed by atoms with Crippen LogP contribution in [0.5, 0.6) is 17.2 Å². The first-order valence-corrected chi connectivity index (χ1v) is 10.2. The predicted octanol–water partition coefficient (Wildman–Crippen LogP) is 6.63. The molecule has 7 nitrogen and oxygen atoms in total. The van der Waals surface area contributed by atoms with Gasteiger partial charge in [-0.1, -0.05) is 36.4 Å². The Morgan fingerprint density at radius 3 is 1.62 bits per heavy atom. The zero-order valence-electron chi connectivity index (χ0n) is 19.4. The van der Waals surface area contributed by atoms with Crippen LogP contribution in [0.4, 0.5) is 9.59 Å². The summed E-state index contributed by atoms with van der Waals surface area (Å²) in [5.74, 6) is 0.972. The van der Waals surface area contributed by atoms with Crippen LogP contribution in [0.1, 0.15) is 41.5 Å². The third-order valence-corrected chi connectivity index (χ3v) is 4.28. The van der Waals surface area contributed by atoms with Crippen molar-refractivity contribution >= 4 is 33.9 Å². The number of hydrogen-bond donors (Lipinski definition) is 0. The molecule has 0 aliphatic heterocycles. The molecule has 0 saturated carbocycles. The molecule has 3 aromatic carbocycles. The fourth-order valence-corrected chi connectivity index (χ4v) is 3.21. The number of methoxy groups -OCH3 is 1. The largest absolute Gasteiger partial charge is 0.514 e. The Hall–Kier alpha value is -3.48. The minimum absolute atomic E-state index is 0.249. The standard InChI is InChI=1S/C25H28O7/c1-24(2,3)31-22(26)29-20-15-11-8-9-12-16(15)21(30-23(27)32-25(4,5)6)19-17(20)13-10-14-18(19)28-7/h8-14H,1-7H3. The van der Waals surface area contributed by atoms with Gasteiger partial charge >= 0.3 is 12.3 Å². The van der Waals surface area contributed by atoms with Crippen LogP contribution in [0.2, 0.25) is 0 Å². The highest BCUT2D eigenvalue weighted by atomic mass is 16.7. The Morgan fingerprint density at radius 1 is 0.656 bits per heavy atom. The summed E-state index contributed by atoms with van der Waals surface area (Å²) in [5, 5.41) is 2.11. The maximum Gasteiger partial charge on any atom is 0.514 e. The van der Waals surface area contributed by atoms with E-state index in [9.17, 15) is 9.59 Å². The van der Waals surface area contributed by atoms with Crippen LogP contribution in [0.3, 0.4) is 0 Å². The van der Waals surface area contributed by atoms with Crippen LogP contribution in [0.15, 0.2) is 42.5 Å². The molecular weight excluding hydrogens is 412 g/mol. The quantitative estimate of drug-likeness (QED) is 0.257. The summed E-state index contributed by atoms with van der Waals surface area (Å²) in [6, 6.07) is 12.4. The Kier molecular flexibility index (Phi) is 6.21. The van der Waals surface area contributed by atoms with Gasteiger partial charge in [0.15, 0.2) is 11.5 Å². The van der Waals surface area contributed by atoms with E-state index in [1.165, 1.54) is 7.11 Å². The van der Waals surface area contributed by atoms with Crippen molar-refractivity contribution in [2.75, 3.05) is 7.11 Å². The van der Waals surface area contributed by atoms with Crippen molar-refractivity contribution < 1.29 is 33.3 Å². The number of fused-ring (bicyclic) bond motifs is 2. The summed E-state index contributed by atoms with van der Waals surface area (Å²) in [4.78, 5) is 25.1. The Morgan fingerprint density at radius 2 is 1.12 bits per heavy atom. The van der Waals surface area contributed by atoms with Crippen molar-refractivity contribution in [1.82, 2.24) is 0 Å². The number of carbonyl (C=O) groups is 2. The molecule has 0 bridgehead atoms. The first-order valence-electron chi connectivity index (χ1n) is 10.2. The average molecular weight is 440 g/mol. The summed E-state index contributed by atoms with van der Waals surface area (Å²) in [7, 11) is 1.51. The van der Waals surface area contributed by atoms with Crippen molar-refractivity contribution in [3.63, 3.8) is 0 Å². The van der Waals surface area contributed by atoms with E-state index in [1.807, 2.05) is 0 Å². The van der Waals surface area contributed by atoms with E-state index in [0.29, 0.717) is 27.3 Å². The SMILES string of the molecule is COc1cccc2c(OC(=O)OC(C)(C)C)c3ccccc3c(OC(=O)OC(C)(C)C)c12. The molecule has 0 fully saturated rings. The van der Waals surface area contributed by atoms with Gasteiger partial charge in [0.25, 0.3) is 0 Å². The van der Waals surface area contributed by atoms with Crippen molar-refractivity contribution in [1.29, 1.82) is 0 Å². The molecule has 0 atom stereocenters. The molecule has 32 heavy (non-hydrogen) atoms. The van der Waals surface area contributed by atoms with Crippen molar-refractivity contribution in [2.45, 2.75) is 52.7 Å². The molecule has 0 unspecified atom stereocenters. The molecule has 0 radical (unpaired) electrons. The van der Waals surface area contributed by atoms with Gasteiger partial charge in [0.1, 0.15) is 17.0 Å². The lowest BCUT2D eigenvalue weighted by atomic mass is 10.00. The number of ether oxygens (including phenoxy) is 5. The molecule has 3 aromatic rings. The van der Waals surface area contributed by atoms with Crippen LogP contribution in [0.25, 0.3) is 21.5 Å². The van der Waals surface area contributed by atoms with Crippen LogP contribution >= 0.6 is 0 Å². The smallest absolute Gasteiger partial charge is 0.496 e. The lowest BCUT2D eigenvalue weighted by molar-refractivity contribution is 0.0194. The summed E-state index contributed by atoms with van der Waals surface area (Å²) >= 11 is 0. The molecule has 7 heteroatoms. The van der Waals surface area contributed by atoms with Crippen molar-refractivity contribution in [3.05, 3.63) is 42.5 Å². The molecule has 0 aromatic heterocycles. The molecular formula is C25H28O7. The molecule has 0 heterocycles. The van der Waals surface area contributed by atoms with E-state index >= 15 is 0 Å². The van der Waals surface area contributed by atoms with E-state index in [4.69, 9.17) is 23.7 Å². The van der Waals surface area contributed by atoms with E-state index in [-0.39, 0.29) is 11.5 Å². The fourth-order valence-electron chi connectivity index (χ4n) is 3.21. The normalized spacial score (nSPS) is 11.8. The number of benzene rings is 3. The zero-order valence-corrected chi connectivity index (χ0v) is 19.4. The number of carbonyl (C=O) groups excluding carboxylic acids is 2. The topological polar surface area (TPSA) is 80.3 Å². The van der Waals surface area contributed by atoms with E-state index < -0.39 is 23.5 Å². The Balaban J connectivity index is 2.26. The first-order chi connectivity index (χ1) is 14.9. The van der Waals surface area contributed by atoms with Crippen LogP contribution in [-0.4, -0.2) is 30.6 Å². The van der Waals surface area contributed by atoms with E-state index in [2.05, 4.69) is 0 Å². The van der Waals surface area contributed by atoms with Gasteiger partial charge in [-0.3, -0.25) is 0 Å². The Labute approximate surface area is 187 Å². The van der Waals surface area contributed by atoms with Crippen LogP contribution in [-0.2, 0) is 9.47 Å². The maximum absolute atomic E-state index is 12.5. The highest BCUT2D eigenvalue weighted by Gasteiger charge is 2.26. The highest BCUT2D eigenvalue weighted by molar-refractivity contribution is 6.14. The third-order valence-electron chi connectivity index (χ3n) is 4.28. The monoisotopic (exact) mass is 440 g/mol. The molecule has 0 spiro atoms. The van der Waals surface area contributed by atoms with Crippen molar-refractivity contribution in [3.8, 4) is 17.2 Å². The van der Waals surface area contributed by atoms with Gasteiger partial charge in [0.05, 0.1) is 12.5 Å². The summed E-state index contributed by atoms with van der Waals surface area (Å²) in [5.41, 5.74) is -1.45. The van der Waals surface area contributed by atoms with Gasteiger partial charge in [-0.2, -0.15) is 0 Å². The summed E-state index contributed by atoms with van der Waals surface area (Å²) in [6.45, 7) is 10.5. The fraction of sp³-hybridized carbons (Fsp3) is 0.360. The second kappa shape index (κ2) is 8.57. The van der Waals surface area contributed by atoms with Crippen LogP contribution in [0, 0.1) is 0 Å². The van der Waals surface area contributed by atoms with Gasteiger partial charge in [-0.25, -0.2) is 9.59 Å². The lowest BCUT2D eigenvalue weighted by Gasteiger charge is -2.22. The van der Waals surface area contributed by atoms with Gasteiger partial charge in [-0.05, 0) is 47.6 Å². The average Bonchev–Trinajstić information content (AvgIpc) is 2.67. The molecule has 0 aliphatic carbocycles. The van der Waals surface area contributed by atoms with Gasteiger partial charge in [0.2, 0.25) is 0 Å². The van der Waals surface area contributed by atoms with Gasteiger partial charge < -0.3 is 23.7 Å². The lowest BCUT2D eigenvalue weighted by Crippen LogP contribution is -2.26. The predicted molar refractivity (Wildman–Crippen MR) is 122 cm³/mol. The minimum atomic E-state index is -0.851. The summed E-state index contributed by atoms with van der Waals surface area (Å²) < 4.78 is 27.6. The van der Waals surface area contributed by atoms with E-state index in [1.54, 1.807) is 84.0 Å². The second-order valence-electron chi connectivity index (χ2n) is 9.22. The number of hydrogen-bond acceptors (Lipinski definition) is 7. The van der Waals surface area contributed by atoms with Crippen LogP contribution < -0.4 is 14.2 Å². The third kappa shape index (κ3) is 5.22. The Bertz CT molecular complexity index is 1170.